The van der Waals surface area contributed by atoms with E-state index in [-0.39, 0.29) is 16.8 Å². The molecule has 0 radical (unpaired) electrons. The third kappa shape index (κ3) is 5.73. The number of hydrogen-bond acceptors (Lipinski definition) is 7. The molecule has 2 aromatic carbocycles. The van der Waals surface area contributed by atoms with E-state index in [1.165, 1.54) is 6.92 Å². The van der Waals surface area contributed by atoms with Crippen LogP contribution in [-0.4, -0.2) is 43.0 Å². The molecule has 0 bridgehead atoms. The summed E-state index contributed by atoms with van der Waals surface area (Å²) in [6.45, 7) is 1.29. The van der Waals surface area contributed by atoms with Gasteiger partial charge in [-0.15, -0.1) is 0 Å². The van der Waals surface area contributed by atoms with Crippen LogP contribution in [0, 0.1) is 0 Å². The van der Waals surface area contributed by atoms with Crippen molar-refractivity contribution in [2.45, 2.75) is 13.3 Å². The molecule has 0 fully saturated rings. The number of rotatable bonds is 7. The van der Waals surface area contributed by atoms with E-state index < -0.39 is 5.97 Å². The Bertz CT molecular complexity index is 1120. The Morgan fingerprint density at radius 2 is 1.69 bits per heavy atom. The van der Waals surface area contributed by atoms with Crippen LogP contribution in [0.3, 0.4) is 0 Å². The molecule has 1 aromatic heterocycles. The van der Waals surface area contributed by atoms with Gasteiger partial charge in [-0.25, -0.2) is 9.97 Å². The van der Waals surface area contributed by atoms with E-state index in [2.05, 4.69) is 15.3 Å². The summed E-state index contributed by atoms with van der Waals surface area (Å²) in [4.78, 5) is 34.2. The summed E-state index contributed by atoms with van der Waals surface area (Å²) in [5.74, 6) is 0.991. The fourth-order valence-electron chi connectivity index (χ4n) is 2.90. The molecule has 0 aliphatic rings. The largest absolute Gasteiger partial charge is 0.497 e. The van der Waals surface area contributed by atoms with Crippen LogP contribution in [-0.2, 0) is 11.2 Å². The van der Waals surface area contributed by atoms with Crippen LogP contribution in [0.1, 0.15) is 28.7 Å². The molecule has 0 saturated carbocycles. The van der Waals surface area contributed by atoms with Gasteiger partial charge in [0.2, 0.25) is 5.75 Å². The van der Waals surface area contributed by atoms with Gasteiger partial charge in [-0.2, -0.15) is 0 Å². The second kappa shape index (κ2) is 10.1. The van der Waals surface area contributed by atoms with Crippen LogP contribution in [0.25, 0.3) is 0 Å². The van der Waals surface area contributed by atoms with Crippen molar-refractivity contribution < 1.29 is 19.1 Å². The number of benzene rings is 2. The van der Waals surface area contributed by atoms with Gasteiger partial charge >= 0.3 is 5.97 Å². The first-order valence-corrected chi connectivity index (χ1v) is 10.1. The third-order valence-corrected chi connectivity index (χ3v) is 4.70. The van der Waals surface area contributed by atoms with E-state index in [0.717, 1.165) is 5.56 Å². The Hall–Kier alpha value is -3.65. The molecule has 0 spiro atoms. The highest BCUT2D eigenvalue weighted by molar-refractivity contribution is 6.31. The Labute approximate surface area is 191 Å². The van der Waals surface area contributed by atoms with Crippen LogP contribution in [0.5, 0.6) is 11.5 Å². The average Bonchev–Trinajstić information content (AvgIpc) is 2.76. The molecule has 0 unspecified atom stereocenters. The lowest BCUT2D eigenvalue weighted by Gasteiger charge is -2.17. The molecule has 1 heterocycles. The van der Waals surface area contributed by atoms with Gasteiger partial charge in [-0.1, -0.05) is 23.7 Å². The molecule has 3 rings (SSSR count). The fraction of sp³-hybridized carbons (Fsp3) is 0.217. The molecule has 166 valence electrons. The summed E-state index contributed by atoms with van der Waals surface area (Å²) in [6.07, 6.45) is 0.410. The standard InChI is InChI=1S/C23H23ClN4O4/c1-14(29)32-20-21(24)26-19(27-22(20)28(2)3)13-15-5-9-17(10-6-15)25-23(30)16-7-11-18(31-4)12-8-16/h5-12H,13H2,1-4H3,(H,25,30). The van der Waals surface area contributed by atoms with Crippen molar-refractivity contribution in [2.24, 2.45) is 0 Å². The number of esters is 1. The lowest BCUT2D eigenvalue weighted by atomic mass is 10.1. The first-order chi connectivity index (χ1) is 15.3. The van der Waals surface area contributed by atoms with Gasteiger partial charge in [0.25, 0.3) is 5.91 Å². The quantitative estimate of drug-likeness (QED) is 0.426. The summed E-state index contributed by atoms with van der Waals surface area (Å²) in [5.41, 5.74) is 2.11. The summed E-state index contributed by atoms with van der Waals surface area (Å²) < 4.78 is 10.3. The van der Waals surface area contributed by atoms with Crippen molar-refractivity contribution in [1.82, 2.24) is 9.97 Å². The number of hydrogen-bond donors (Lipinski definition) is 1. The number of aromatic nitrogens is 2. The van der Waals surface area contributed by atoms with E-state index in [9.17, 15) is 9.59 Å². The minimum Gasteiger partial charge on any atom is -0.497 e. The van der Waals surface area contributed by atoms with Crippen molar-refractivity contribution in [3.8, 4) is 11.5 Å². The van der Waals surface area contributed by atoms with Crippen LogP contribution in [0.4, 0.5) is 11.5 Å². The minimum atomic E-state index is -0.501. The summed E-state index contributed by atoms with van der Waals surface area (Å²) in [7, 11) is 5.12. The number of amides is 1. The van der Waals surface area contributed by atoms with E-state index in [0.29, 0.717) is 35.1 Å². The Morgan fingerprint density at radius 3 is 2.25 bits per heavy atom. The predicted octanol–water partition coefficient (Wildman–Crippen LogP) is 3.97. The molecule has 0 aliphatic heterocycles. The molecular weight excluding hydrogens is 432 g/mol. The fourth-order valence-corrected chi connectivity index (χ4v) is 3.12. The van der Waals surface area contributed by atoms with Gasteiger partial charge in [-0.3, -0.25) is 9.59 Å². The van der Waals surface area contributed by atoms with Crippen LogP contribution in [0.15, 0.2) is 48.5 Å². The lowest BCUT2D eigenvalue weighted by Crippen LogP contribution is -2.16. The van der Waals surface area contributed by atoms with Gasteiger partial charge in [0.05, 0.1) is 7.11 Å². The monoisotopic (exact) mass is 454 g/mol. The number of ether oxygens (including phenoxy) is 2. The Kier molecular flexibility index (Phi) is 7.27. The zero-order chi connectivity index (χ0) is 23.3. The molecular formula is C23H23ClN4O4. The number of nitrogens with one attached hydrogen (secondary N) is 1. The van der Waals surface area contributed by atoms with Gasteiger partial charge in [0, 0.05) is 38.7 Å². The number of nitrogens with zero attached hydrogens (tertiary/aromatic N) is 3. The van der Waals surface area contributed by atoms with Gasteiger partial charge < -0.3 is 19.7 Å². The molecule has 32 heavy (non-hydrogen) atoms. The van der Waals surface area contributed by atoms with Crippen LogP contribution in [0.2, 0.25) is 5.15 Å². The average molecular weight is 455 g/mol. The lowest BCUT2D eigenvalue weighted by molar-refractivity contribution is -0.131. The zero-order valence-electron chi connectivity index (χ0n) is 18.2. The van der Waals surface area contributed by atoms with Crippen molar-refractivity contribution in [2.75, 3.05) is 31.4 Å². The van der Waals surface area contributed by atoms with Crippen molar-refractivity contribution in [3.05, 3.63) is 70.6 Å². The predicted molar refractivity (Wildman–Crippen MR) is 123 cm³/mol. The van der Waals surface area contributed by atoms with Crippen molar-refractivity contribution in [1.29, 1.82) is 0 Å². The number of carbonyl (C=O) groups is 2. The minimum absolute atomic E-state index is 0.0669. The Morgan fingerprint density at radius 1 is 1.03 bits per heavy atom. The van der Waals surface area contributed by atoms with E-state index in [1.807, 2.05) is 12.1 Å². The number of carbonyl (C=O) groups excluding carboxylic acids is 2. The maximum absolute atomic E-state index is 12.4. The topological polar surface area (TPSA) is 93.7 Å². The highest BCUT2D eigenvalue weighted by Gasteiger charge is 2.18. The molecule has 0 atom stereocenters. The molecule has 8 nitrogen and oxygen atoms in total. The maximum Gasteiger partial charge on any atom is 0.308 e. The zero-order valence-corrected chi connectivity index (χ0v) is 18.9. The number of halogens is 1. The first kappa shape index (κ1) is 23.0. The Balaban J connectivity index is 1.72. The van der Waals surface area contributed by atoms with Gasteiger partial charge in [0.15, 0.2) is 11.0 Å². The van der Waals surface area contributed by atoms with Crippen LogP contribution < -0.4 is 19.7 Å². The normalized spacial score (nSPS) is 10.4. The first-order valence-electron chi connectivity index (χ1n) is 9.73. The maximum atomic E-state index is 12.4. The van der Waals surface area contributed by atoms with E-state index in [1.54, 1.807) is 62.5 Å². The number of anilines is 2. The SMILES string of the molecule is COc1ccc(C(=O)Nc2ccc(Cc3nc(Cl)c(OC(C)=O)c(N(C)C)n3)cc2)cc1. The number of methoxy groups -OCH3 is 1. The smallest absolute Gasteiger partial charge is 0.308 e. The van der Waals surface area contributed by atoms with E-state index in [4.69, 9.17) is 21.1 Å². The second-order valence-corrected chi connectivity index (χ2v) is 7.49. The summed E-state index contributed by atoms with van der Waals surface area (Å²) in [6, 6.07) is 14.2. The highest BCUT2D eigenvalue weighted by Crippen LogP contribution is 2.32. The highest BCUT2D eigenvalue weighted by atomic mass is 35.5. The van der Waals surface area contributed by atoms with Gasteiger partial charge in [-0.05, 0) is 42.0 Å². The molecule has 1 N–H and O–H groups in total. The molecule has 3 aromatic rings. The third-order valence-electron chi connectivity index (χ3n) is 4.45. The van der Waals surface area contributed by atoms with Gasteiger partial charge in [0.1, 0.15) is 11.6 Å². The summed E-state index contributed by atoms with van der Waals surface area (Å²) in [5, 5.41) is 2.93. The second-order valence-electron chi connectivity index (χ2n) is 7.13. The molecule has 1 amide bonds. The van der Waals surface area contributed by atoms with Crippen molar-refractivity contribution >= 4 is 35.0 Å². The summed E-state index contributed by atoms with van der Waals surface area (Å²) >= 11 is 6.24. The van der Waals surface area contributed by atoms with E-state index >= 15 is 0 Å². The molecule has 0 aliphatic carbocycles. The molecule has 9 heteroatoms. The molecule has 0 saturated heterocycles. The van der Waals surface area contributed by atoms with Crippen molar-refractivity contribution in [3.63, 3.8) is 0 Å². The van der Waals surface area contributed by atoms with Crippen LogP contribution >= 0.6 is 11.6 Å².